The summed E-state index contributed by atoms with van der Waals surface area (Å²) in [7, 11) is 0. The van der Waals surface area contributed by atoms with Crippen LogP contribution >= 0.6 is 15.9 Å². The highest BCUT2D eigenvalue weighted by Crippen LogP contribution is 2.18. The Bertz CT molecular complexity index is 464. The lowest BCUT2D eigenvalue weighted by molar-refractivity contribution is -0.120. The number of benzene rings is 1. The van der Waals surface area contributed by atoms with Crippen LogP contribution in [0.2, 0.25) is 0 Å². The molecule has 1 fully saturated rings. The van der Waals surface area contributed by atoms with Gasteiger partial charge in [-0.2, -0.15) is 0 Å². The van der Waals surface area contributed by atoms with E-state index in [-0.39, 0.29) is 18.4 Å². The molecule has 2 amide bonds. The first-order chi connectivity index (χ1) is 8.54. The molecule has 0 aliphatic heterocycles. The third kappa shape index (κ3) is 3.84. The van der Waals surface area contributed by atoms with Crippen LogP contribution in [-0.4, -0.2) is 24.4 Å². The van der Waals surface area contributed by atoms with Crippen LogP contribution in [0.5, 0.6) is 0 Å². The summed E-state index contributed by atoms with van der Waals surface area (Å²) in [6.07, 6.45) is 2.09. The number of nitrogens with one attached hydrogen (secondary N) is 2. The molecule has 0 saturated heterocycles. The molecule has 2 N–H and O–H groups in total. The molecule has 1 aliphatic carbocycles. The highest BCUT2D eigenvalue weighted by molar-refractivity contribution is 9.10. The van der Waals surface area contributed by atoms with Gasteiger partial charge in [-0.25, -0.2) is 0 Å². The third-order valence-electron chi connectivity index (χ3n) is 2.66. The van der Waals surface area contributed by atoms with E-state index in [4.69, 9.17) is 0 Å². The number of rotatable bonds is 4. The van der Waals surface area contributed by atoms with Crippen molar-refractivity contribution in [1.82, 2.24) is 10.6 Å². The molecule has 1 aromatic rings. The maximum Gasteiger partial charge on any atom is 0.251 e. The van der Waals surface area contributed by atoms with Crippen LogP contribution in [0.4, 0.5) is 0 Å². The first kappa shape index (κ1) is 13.1. The van der Waals surface area contributed by atoms with Gasteiger partial charge in [0.1, 0.15) is 0 Å². The Morgan fingerprint density at radius 2 is 2.06 bits per heavy atom. The number of hydrogen-bond donors (Lipinski definition) is 2. The average Bonchev–Trinajstić information content (AvgIpc) is 3.08. The van der Waals surface area contributed by atoms with Gasteiger partial charge in [-0.15, -0.1) is 0 Å². The molecule has 0 bridgehead atoms. The molecule has 2 rings (SSSR count). The van der Waals surface area contributed by atoms with Crippen LogP contribution in [0.25, 0.3) is 0 Å². The zero-order chi connectivity index (χ0) is 13.1. The standard InChI is InChI=1S/C13H15BrN2O2/c1-8-4-9(6-10(14)5-8)13(18)15-7-12(17)16-11-2-3-11/h4-6,11H,2-3,7H2,1H3,(H,15,18)(H,16,17). The van der Waals surface area contributed by atoms with Gasteiger partial charge in [0.15, 0.2) is 0 Å². The molecular formula is C13H15BrN2O2. The quantitative estimate of drug-likeness (QED) is 0.890. The molecule has 18 heavy (non-hydrogen) atoms. The van der Waals surface area contributed by atoms with Crippen molar-refractivity contribution in [2.45, 2.75) is 25.8 Å². The van der Waals surface area contributed by atoms with Gasteiger partial charge in [0, 0.05) is 16.1 Å². The molecule has 96 valence electrons. The summed E-state index contributed by atoms with van der Waals surface area (Å²) >= 11 is 3.34. The van der Waals surface area contributed by atoms with E-state index < -0.39 is 0 Å². The van der Waals surface area contributed by atoms with Crippen molar-refractivity contribution >= 4 is 27.7 Å². The van der Waals surface area contributed by atoms with Crippen molar-refractivity contribution in [1.29, 1.82) is 0 Å². The molecule has 0 aromatic heterocycles. The summed E-state index contributed by atoms with van der Waals surface area (Å²) in [6, 6.07) is 5.78. The van der Waals surface area contributed by atoms with Crippen LogP contribution in [-0.2, 0) is 4.79 Å². The van der Waals surface area contributed by atoms with Crippen molar-refractivity contribution in [3.63, 3.8) is 0 Å². The topological polar surface area (TPSA) is 58.2 Å². The Morgan fingerprint density at radius 3 is 2.67 bits per heavy atom. The van der Waals surface area contributed by atoms with Gasteiger partial charge < -0.3 is 10.6 Å². The molecular weight excluding hydrogens is 296 g/mol. The van der Waals surface area contributed by atoms with Gasteiger partial charge >= 0.3 is 0 Å². The number of carbonyl (C=O) groups excluding carboxylic acids is 2. The van der Waals surface area contributed by atoms with Crippen LogP contribution < -0.4 is 10.6 Å². The Hall–Kier alpha value is -1.36. The predicted octanol–water partition coefficient (Wildman–Crippen LogP) is 1.77. The molecule has 1 aromatic carbocycles. The van der Waals surface area contributed by atoms with E-state index >= 15 is 0 Å². The SMILES string of the molecule is Cc1cc(Br)cc(C(=O)NCC(=O)NC2CC2)c1. The lowest BCUT2D eigenvalue weighted by Gasteiger charge is -2.07. The fraction of sp³-hybridized carbons (Fsp3) is 0.385. The molecule has 1 aliphatic rings. The van der Waals surface area contributed by atoms with E-state index in [0.29, 0.717) is 11.6 Å². The first-order valence-electron chi connectivity index (χ1n) is 5.89. The fourth-order valence-electron chi connectivity index (χ4n) is 1.64. The van der Waals surface area contributed by atoms with Crippen molar-refractivity contribution in [3.8, 4) is 0 Å². The van der Waals surface area contributed by atoms with E-state index in [0.717, 1.165) is 22.9 Å². The summed E-state index contributed by atoms with van der Waals surface area (Å²) in [5.41, 5.74) is 1.55. The Morgan fingerprint density at radius 1 is 1.33 bits per heavy atom. The molecule has 0 spiro atoms. The van der Waals surface area contributed by atoms with Crippen molar-refractivity contribution < 1.29 is 9.59 Å². The monoisotopic (exact) mass is 310 g/mol. The van der Waals surface area contributed by atoms with Gasteiger partial charge in [0.05, 0.1) is 6.54 Å². The van der Waals surface area contributed by atoms with Crippen LogP contribution in [0, 0.1) is 6.92 Å². The smallest absolute Gasteiger partial charge is 0.251 e. The fourth-order valence-corrected chi connectivity index (χ4v) is 2.24. The van der Waals surface area contributed by atoms with E-state index in [1.54, 1.807) is 12.1 Å². The maximum atomic E-state index is 11.8. The zero-order valence-electron chi connectivity index (χ0n) is 10.1. The lowest BCUT2D eigenvalue weighted by atomic mass is 10.1. The van der Waals surface area contributed by atoms with Crippen LogP contribution in [0.15, 0.2) is 22.7 Å². The molecule has 0 radical (unpaired) electrons. The summed E-state index contributed by atoms with van der Waals surface area (Å²) in [4.78, 5) is 23.3. The van der Waals surface area contributed by atoms with Gasteiger partial charge in [-0.3, -0.25) is 9.59 Å². The molecule has 0 unspecified atom stereocenters. The highest BCUT2D eigenvalue weighted by Gasteiger charge is 2.23. The largest absolute Gasteiger partial charge is 0.352 e. The third-order valence-corrected chi connectivity index (χ3v) is 3.11. The Balaban J connectivity index is 1.88. The van der Waals surface area contributed by atoms with Gasteiger partial charge in [-0.05, 0) is 43.5 Å². The highest BCUT2D eigenvalue weighted by atomic mass is 79.9. The Labute approximate surface area is 114 Å². The molecule has 4 nitrogen and oxygen atoms in total. The number of hydrogen-bond acceptors (Lipinski definition) is 2. The van der Waals surface area contributed by atoms with Crippen molar-refractivity contribution in [2.75, 3.05) is 6.54 Å². The summed E-state index contributed by atoms with van der Waals surface area (Å²) in [6.45, 7) is 1.95. The molecule has 0 heterocycles. The second kappa shape index (κ2) is 5.52. The van der Waals surface area contributed by atoms with Crippen molar-refractivity contribution in [2.24, 2.45) is 0 Å². The number of halogens is 1. The summed E-state index contributed by atoms with van der Waals surface area (Å²) in [5, 5.41) is 5.44. The second-order valence-electron chi connectivity index (χ2n) is 4.54. The van der Waals surface area contributed by atoms with Gasteiger partial charge in [-0.1, -0.05) is 15.9 Å². The minimum atomic E-state index is -0.231. The summed E-state index contributed by atoms with van der Waals surface area (Å²) < 4.78 is 0.857. The van der Waals surface area contributed by atoms with Crippen molar-refractivity contribution in [3.05, 3.63) is 33.8 Å². The van der Waals surface area contributed by atoms with E-state index in [2.05, 4.69) is 26.6 Å². The van der Waals surface area contributed by atoms with Crippen LogP contribution in [0.1, 0.15) is 28.8 Å². The molecule has 1 saturated carbocycles. The number of amides is 2. The molecule has 0 atom stereocenters. The second-order valence-corrected chi connectivity index (χ2v) is 5.46. The zero-order valence-corrected chi connectivity index (χ0v) is 11.7. The molecule has 5 heteroatoms. The average molecular weight is 311 g/mol. The normalized spacial score (nSPS) is 14.1. The minimum absolute atomic E-state index is 0.0287. The lowest BCUT2D eigenvalue weighted by Crippen LogP contribution is -2.37. The first-order valence-corrected chi connectivity index (χ1v) is 6.68. The minimum Gasteiger partial charge on any atom is -0.352 e. The number of carbonyl (C=O) groups is 2. The number of aryl methyl sites for hydroxylation is 1. The Kier molecular flexibility index (Phi) is 4.01. The predicted molar refractivity (Wildman–Crippen MR) is 72.4 cm³/mol. The van der Waals surface area contributed by atoms with E-state index in [9.17, 15) is 9.59 Å². The van der Waals surface area contributed by atoms with Crippen LogP contribution in [0.3, 0.4) is 0 Å². The van der Waals surface area contributed by atoms with Gasteiger partial charge in [0.25, 0.3) is 5.91 Å². The van der Waals surface area contributed by atoms with E-state index in [1.165, 1.54) is 0 Å². The van der Waals surface area contributed by atoms with E-state index in [1.807, 2.05) is 13.0 Å². The summed E-state index contributed by atoms with van der Waals surface area (Å²) in [5.74, 6) is -0.358. The maximum absolute atomic E-state index is 11.8. The van der Waals surface area contributed by atoms with Gasteiger partial charge in [0.2, 0.25) is 5.91 Å².